The van der Waals surface area contributed by atoms with Gasteiger partial charge in [0, 0.05) is 11.4 Å². The van der Waals surface area contributed by atoms with Crippen molar-refractivity contribution in [3.05, 3.63) is 39.6 Å². The number of rotatable bonds is 1. The molecule has 0 aromatic carbocycles. The highest BCUT2D eigenvalue weighted by Gasteiger charge is 2.10. The summed E-state index contributed by atoms with van der Waals surface area (Å²) in [5.41, 5.74) is -0.290. The molecule has 2 rings (SSSR count). The average molecular weight is 195 g/mol. The quantitative estimate of drug-likeness (QED) is 0.740. The van der Waals surface area contributed by atoms with E-state index in [9.17, 15) is 9.59 Å². The number of nitrogens with zero attached hydrogens (tertiary/aromatic N) is 1. The van der Waals surface area contributed by atoms with Crippen molar-refractivity contribution in [2.75, 3.05) is 0 Å². The minimum absolute atomic E-state index is 0.0191. The van der Waals surface area contributed by atoms with E-state index >= 15 is 0 Å². The number of hydrogen-bond donors (Lipinski definition) is 1. The van der Waals surface area contributed by atoms with E-state index < -0.39 is 5.97 Å². The number of carboxylic acids is 1. The molecule has 13 heavy (non-hydrogen) atoms. The Morgan fingerprint density at radius 1 is 1.46 bits per heavy atom. The van der Waals surface area contributed by atoms with Crippen molar-refractivity contribution >= 4 is 22.1 Å². The van der Waals surface area contributed by atoms with Gasteiger partial charge in [-0.15, -0.1) is 11.3 Å². The fraction of sp³-hybridized carbons (Fsp3) is 0. The van der Waals surface area contributed by atoms with E-state index in [0.29, 0.717) is 4.83 Å². The van der Waals surface area contributed by atoms with Gasteiger partial charge in [-0.1, -0.05) is 6.07 Å². The SMILES string of the molecule is O=C(O)c1csc2cccc(=O)n12. The lowest BCUT2D eigenvalue weighted by Crippen LogP contribution is -2.15. The Bertz CT molecular complexity index is 525. The molecule has 2 aromatic rings. The number of carbonyl (C=O) groups is 1. The summed E-state index contributed by atoms with van der Waals surface area (Å²) in [4.78, 5) is 22.6. The first kappa shape index (κ1) is 8.00. The lowest BCUT2D eigenvalue weighted by molar-refractivity contribution is 0.0689. The second-order valence-electron chi connectivity index (χ2n) is 2.46. The largest absolute Gasteiger partial charge is 0.477 e. The average Bonchev–Trinajstić information content (AvgIpc) is 2.49. The Morgan fingerprint density at radius 2 is 2.23 bits per heavy atom. The predicted molar refractivity (Wildman–Crippen MR) is 48.5 cm³/mol. The van der Waals surface area contributed by atoms with Crippen LogP contribution in [0.5, 0.6) is 0 Å². The molecule has 2 heterocycles. The summed E-state index contributed by atoms with van der Waals surface area (Å²) < 4.78 is 1.19. The van der Waals surface area contributed by atoms with E-state index in [1.54, 1.807) is 12.1 Å². The maximum atomic E-state index is 11.3. The van der Waals surface area contributed by atoms with Gasteiger partial charge in [-0.25, -0.2) is 4.79 Å². The lowest BCUT2D eigenvalue weighted by Gasteiger charge is -1.93. The van der Waals surface area contributed by atoms with Gasteiger partial charge in [-0.2, -0.15) is 0 Å². The van der Waals surface area contributed by atoms with Crippen molar-refractivity contribution < 1.29 is 9.90 Å². The highest BCUT2D eigenvalue weighted by atomic mass is 32.1. The fourth-order valence-corrected chi connectivity index (χ4v) is 2.00. The number of pyridine rings is 1. The number of aromatic nitrogens is 1. The highest BCUT2D eigenvalue weighted by molar-refractivity contribution is 7.15. The van der Waals surface area contributed by atoms with Crippen LogP contribution in [0.4, 0.5) is 0 Å². The standard InChI is InChI=1S/C8H5NO3S/c10-6-2-1-3-7-9(6)5(4-13-7)8(11)12/h1-4H,(H,11,12). The summed E-state index contributed by atoms with van der Waals surface area (Å²) in [6.45, 7) is 0. The maximum Gasteiger partial charge on any atom is 0.353 e. The Kier molecular flexibility index (Phi) is 1.66. The summed E-state index contributed by atoms with van der Waals surface area (Å²) in [5.74, 6) is -1.08. The summed E-state index contributed by atoms with van der Waals surface area (Å²) in [7, 11) is 0. The second kappa shape index (κ2) is 2.70. The molecule has 0 aliphatic carbocycles. The number of carboxylic acid groups (broad SMARTS) is 1. The zero-order chi connectivity index (χ0) is 9.42. The van der Waals surface area contributed by atoms with Crippen LogP contribution in [-0.2, 0) is 0 Å². The molecule has 0 unspecified atom stereocenters. The minimum atomic E-state index is -1.08. The first-order chi connectivity index (χ1) is 6.20. The van der Waals surface area contributed by atoms with Crippen molar-refractivity contribution in [3.8, 4) is 0 Å². The molecule has 4 nitrogen and oxygen atoms in total. The molecule has 0 spiro atoms. The molecule has 0 fully saturated rings. The van der Waals surface area contributed by atoms with E-state index in [2.05, 4.69) is 0 Å². The number of hydrogen-bond acceptors (Lipinski definition) is 3. The van der Waals surface area contributed by atoms with Gasteiger partial charge in [0.2, 0.25) is 0 Å². The fourth-order valence-electron chi connectivity index (χ4n) is 1.11. The van der Waals surface area contributed by atoms with Crippen molar-refractivity contribution in [3.63, 3.8) is 0 Å². The van der Waals surface area contributed by atoms with E-state index in [1.165, 1.54) is 27.2 Å². The van der Waals surface area contributed by atoms with Crippen LogP contribution >= 0.6 is 11.3 Å². The molecule has 0 bridgehead atoms. The Labute approximate surface area is 76.7 Å². The maximum absolute atomic E-state index is 11.3. The summed E-state index contributed by atoms with van der Waals surface area (Å²) in [6.07, 6.45) is 0. The summed E-state index contributed by atoms with van der Waals surface area (Å²) in [5, 5.41) is 10.2. The molecule has 5 heteroatoms. The molecule has 0 radical (unpaired) electrons. The van der Waals surface area contributed by atoms with Gasteiger partial charge in [0.05, 0.1) is 0 Å². The third-order valence-electron chi connectivity index (χ3n) is 1.67. The van der Waals surface area contributed by atoms with Crippen molar-refractivity contribution in [2.24, 2.45) is 0 Å². The Morgan fingerprint density at radius 3 is 2.92 bits per heavy atom. The number of thiazole rings is 1. The summed E-state index contributed by atoms with van der Waals surface area (Å²) in [6, 6.07) is 4.66. The number of fused-ring (bicyclic) bond motifs is 1. The van der Waals surface area contributed by atoms with Crippen LogP contribution < -0.4 is 5.56 Å². The second-order valence-corrected chi connectivity index (χ2v) is 3.35. The predicted octanol–water partition coefficient (Wildman–Crippen LogP) is 1.06. The number of aromatic carboxylic acids is 1. The van der Waals surface area contributed by atoms with Gasteiger partial charge in [0.25, 0.3) is 5.56 Å². The van der Waals surface area contributed by atoms with E-state index in [0.717, 1.165) is 0 Å². The molecular formula is C8H5NO3S. The van der Waals surface area contributed by atoms with Gasteiger partial charge in [-0.3, -0.25) is 9.20 Å². The lowest BCUT2D eigenvalue weighted by atomic mass is 10.4. The molecular weight excluding hydrogens is 190 g/mol. The third kappa shape index (κ3) is 1.13. The van der Waals surface area contributed by atoms with Crippen molar-refractivity contribution in [1.29, 1.82) is 0 Å². The molecule has 2 aromatic heterocycles. The van der Waals surface area contributed by atoms with E-state index in [1.807, 2.05) is 0 Å². The zero-order valence-corrected chi connectivity index (χ0v) is 7.25. The summed E-state index contributed by atoms with van der Waals surface area (Å²) >= 11 is 1.24. The van der Waals surface area contributed by atoms with Crippen molar-refractivity contribution in [2.45, 2.75) is 0 Å². The van der Waals surface area contributed by atoms with Crippen LogP contribution in [0.15, 0.2) is 28.4 Å². The van der Waals surface area contributed by atoms with Crippen LogP contribution in [0.2, 0.25) is 0 Å². The van der Waals surface area contributed by atoms with Crippen LogP contribution in [-0.4, -0.2) is 15.5 Å². The Balaban J connectivity index is 2.95. The van der Waals surface area contributed by atoms with E-state index in [4.69, 9.17) is 5.11 Å². The first-order valence-corrected chi connectivity index (χ1v) is 4.40. The van der Waals surface area contributed by atoms with Gasteiger partial charge < -0.3 is 5.11 Å². The molecule has 66 valence electrons. The topological polar surface area (TPSA) is 58.8 Å². The third-order valence-corrected chi connectivity index (χ3v) is 2.57. The molecule has 0 atom stereocenters. The Hall–Kier alpha value is -1.62. The van der Waals surface area contributed by atoms with Crippen molar-refractivity contribution in [1.82, 2.24) is 4.40 Å². The normalized spacial score (nSPS) is 10.5. The van der Waals surface area contributed by atoms with Crippen LogP contribution in [0.25, 0.3) is 4.83 Å². The van der Waals surface area contributed by atoms with Gasteiger partial charge in [0.1, 0.15) is 10.5 Å². The van der Waals surface area contributed by atoms with Gasteiger partial charge in [-0.05, 0) is 6.07 Å². The monoisotopic (exact) mass is 195 g/mol. The first-order valence-electron chi connectivity index (χ1n) is 3.53. The van der Waals surface area contributed by atoms with Crippen LogP contribution in [0.1, 0.15) is 10.5 Å². The molecule has 0 saturated heterocycles. The molecule has 1 N–H and O–H groups in total. The minimum Gasteiger partial charge on any atom is -0.477 e. The zero-order valence-electron chi connectivity index (χ0n) is 6.43. The van der Waals surface area contributed by atoms with Gasteiger partial charge in [0.15, 0.2) is 0 Å². The molecule has 0 saturated carbocycles. The van der Waals surface area contributed by atoms with Crippen LogP contribution in [0, 0.1) is 0 Å². The smallest absolute Gasteiger partial charge is 0.353 e. The molecule has 0 aliphatic rings. The molecule has 0 amide bonds. The molecule has 0 aliphatic heterocycles. The van der Waals surface area contributed by atoms with Crippen LogP contribution in [0.3, 0.4) is 0 Å². The highest BCUT2D eigenvalue weighted by Crippen LogP contribution is 2.13. The van der Waals surface area contributed by atoms with Gasteiger partial charge >= 0.3 is 5.97 Å². The van der Waals surface area contributed by atoms with E-state index in [-0.39, 0.29) is 11.3 Å².